The summed E-state index contributed by atoms with van der Waals surface area (Å²) in [6.45, 7) is 2.33. The van der Waals surface area contributed by atoms with Gasteiger partial charge in [-0.15, -0.1) is 0 Å². The van der Waals surface area contributed by atoms with Crippen LogP contribution < -0.4 is 20.3 Å². The molecule has 2 aliphatic rings. The Morgan fingerprint density at radius 2 is 1.83 bits per heavy atom. The fourth-order valence-corrected chi connectivity index (χ4v) is 5.47. The second-order valence-corrected chi connectivity index (χ2v) is 9.52. The molecule has 1 aromatic carbocycles. The quantitative estimate of drug-likeness (QED) is 0.530. The minimum absolute atomic E-state index is 0.0518. The Bertz CT molecular complexity index is 1220. The highest BCUT2D eigenvalue weighted by Gasteiger charge is 2.41. The average Bonchev–Trinajstić information content (AvgIpc) is 3.18. The number of hydrogen-bond acceptors (Lipinski definition) is 6. The second-order valence-electron chi connectivity index (χ2n) is 9.52. The van der Waals surface area contributed by atoms with Crippen molar-refractivity contribution in [2.24, 2.45) is 0 Å². The monoisotopic (exact) mass is 485 g/mol. The molecule has 0 radical (unpaired) electrons. The van der Waals surface area contributed by atoms with Crippen LogP contribution in [0.3, 0.4) is 0 Å². The molecule has 5 rings (SSSR count). The van der Waals surface area contributed by atoms with E-state index in [1.165, 1.54) is 0 Å². The van der Waals surface area contributed by atoms with Crippen LogP contribution in [0.15, 0.2) is 61.1 Å². The van der Waals surface area contributed by atoms with Crippen LogP contribution in [0.25, 0.3) is 0 Å². The summed E-state index contributed by atoms with van der Waals surface area (Å²) in [6, 6.07) is 13.9. The van der Waals surface area contributed by atoms with Crippen molar-refractivity contribution in [2.75, 3.05) is 12.0 Å². The summed E-state index contributed by atoms with van der Waals surface area (Å²) >= 11 is 0. The number of methoxy groups -OCH3 is 1. The molecule has 3 atom stereocenters. The molecule has 0 unspecified atom stereocenters. The standard InChI is InChI=1S/C28H31N5O3/c1-18-24(6-3-7-25(18)36-2)28(35)32-21-13-22-9-10-23(14-21)33(22)26-11-8-20(17-30-26)27(34)31-16-19-5-4-12-29-15-19/h3-8,11-12,15,17,21-23H,9-10,13-14,16H2,1-2H3,(H,31,34)(H,32,35)/t21-,22+,23-. The molecule has 3 aromatic rings. The molecule has 2 fully saturated rings. The number of benzene rings is 1. The molecule has 2 aliphatic heterocycles. The second kappa shape index (κ2) is 10.4. The summed E-state index contributed by atoms with van der Waals surface area (Å²) in [5.74, 6) is 1.40. The maximum Gasteiger partial charge on any atom is 0.253 e. The van der Waals surface area contributed by atoms with E-state index in [1.54, 1.807) is 25.7 Å². The van der Waals surface area contributed by atoms with Crippen LogP contribution in [-0.2, 0) is 6.54 Å². The number of ether oxygens (including phenoxy) is 1. The fraction of sp³-hybridized carbons (Fsp3) is 0.357. The number of aromatic nitrogens is 2. The third-order valence-electron chi connectivity index (χ3n) is 7.27. The number of nitrogens with zero attached hydrogens (tertiary/aromatic N) is 3. The van der Waals surface area contributed by atoms with Gasteiger partial charge < -0.3 is 20.3 Å². The first-order valence-electron chi connectivity index (χ1n) is 12.4. The molecule has 0 aliphatic carbocycles. The van der Waals surface area contributed by atoms with Gasteiger partial charge in [-0.1, -0.05) is 12.1 Å². The molecule has 2 aromatic heterocycles. The molecule has 8 heteroatoms. The van der Waals surface area contributed by atoms with Crippen molar-refractivity contribution in [3.8, 4) is 5.75 Å². The Labute approximate surface area is 211 Å². The number of piperidine rings is 1. The summed E-state index contributed by atoms with van der Waals surface area (Å²) in [5, 5.41) is 6.16. The summed E-state index contributed by atoms with van der Waals surface area (Å²) in [6.07, 6.45) is 8.99. The van der Waals surface area contributed by atoms with Crippen molar-refractivity contribution in [1.82, 2.24) is 20.6 Å². The number of nitrogens with one attached hydrogen (secondary N) is 2. The number of amides is 2. The number of carbonyl (C=O) groups excluding carboxylic acids is 2. The largest absolute Gasteiger partial charge is 0.496 e. The summed E-state index contributed by atoms with van der Waals surface area (Å²) in [4.78, 5) is 36.6. The van der Waals surface area contributed by atoms with E-state index in [0.717, 1.165) is 48.4 Å². The molecular weight excluding hydrogens is 454 g/mol. The van der Waals surface area contributed by atoms with E-state index in [1.807, 2.05) is 49.4 Å². The lowest BCUT2D eigenvalue weighted by atomic mass is 9.96. The SMILES string of the molecule is COc1cccc(C(=O)N[C@H]2C[C@H]3CC[C@@H](C2)N3c2ccc(C(=O)NCc3cccnc3)cn2)c1C. The van der Waals surface area contributed by atoms with E-state index >= 15 is 0 Å². The highest BCUT2D eigenvalue weighted by Crippen LogP contribution is 2.38. The Hall–Kier alpha value is -3.94. The van der Waals surface area contributed by atoms with E-state index in [0.29, 0.717) is 29.8 Å². The van der Waals surface area contributed by atoms with Gasteiger partial charge in [0.1, 0.15) is 11.6 Å². The molecule has 8 nitrogen and oxygen atoms in total. The van der Waals surface area contributed by atoms with Crippen molar-refractivity contribution in [2.45, 2.75) is 57.3 Å². The van der Waals surface area contributed by atoms with E-state index in [-0.39, 0.29) is 17.9 Å². The average molecular weight is 486 g/mol. The normalized spacial score (nSPS) is 20.6. The van der Waals surface area contributed by atoms with Crippen molar-refractivity contribution in [3.05, 3.63) is 83.3 Å². The zero-order valence-electron chi connectivity index (χ0n) is 20.6. The minimum atomic E-state index is -0.157. The van der Waals surface area contributed by atoms with Gasteiger partial charge in [0, 0.05) is 54.4 Å². The molecule has 0 saturated carbocycles. The van der Waals surface area contributed by atoms with Gasteiger partial charge in [0.05, 0.1) is 12.7 Å². The molecule has 4 heterocycles. The van der Waals surface area contributed by atoms with Crippen LogP contribution in [-0.4, -0.2) is 47.0 Å². The lowest BCUT2D eigenvalue weighted by Gasteiger charge is -2.40. The van der Waals surface area contributed by atoms with Crippen molar-refractivity contribution >= 4 is 17.6 Å². The number of rotatable bonds is 7. The topological polar surface area (TPSA) is 96.5 Å². The zero-order valence-corrected chi connectivity index (χ0v) is 20.6. The third kappa shape index (κ3) is 4.89. The van der Waals surface area contributed by atoms with E-state index in [2.05, 4.69) is 25.5 Å². The molecular formula is C28H31N5O3. The lowest BCUT2D eigenvalue weighted by Crippen LogP contribution is -2.50. The first-order chi connectivity index (χ1) is 17.5. The Morgan fingerprint density at radius 3 is 2.50 bits per heavy atom. The van der Waals surface area contributed by atoms with Gasteiger partial charge in [0.25, 0.3) is 11.8 Å². The number of carbonyl (C=O) groups is 2. The van der Waals surface area contributed by atoms with Gasteiger partial charge in [-0.25, -0.2) is 4.98 Å². The summed E-state index contributed by atoms with van der Waals surface area (Å²) in [5.41, 5.74) is 2.99. The van der Waals surface area contributed by atoms with Crippen LogP contribution in [0.2, 0.25) is 0 Å². The Kier molecular flexibility index (Phi) is 6.84. The first-order valence-corrected chi connectivity index (χ1v) is 12.4. The van der Waals surface area contributed by atoms with Crippen LogP contribution in [0.5, 0.6) is 5.75 Å². The number of pyridine rings is 2. The van der Waals surface area contributed by atoms with Gasteiger partial charge in [-0.3, -0.25) is 14.6 Å². The van der Waals surface area contributed by atoms with Gasteiger partial charge >= 0.3 is 0 Å². The Balaban J connectivity index is 1.20. The Morgan fingerprint density at radius 1 is 1.03 bits per heavy atom. The predicted molar refractivity (Wildman–Crippen MR) is 137 cm³/mol. The number of anilines is 1. The highest BCUT2D eigenvalue weighted by molar-refractivity contribution is 5.96. The van der Waals surface area contributed by atoms with Crippen LogP contribution >= 0.6 is 0 Å². The van der Waals surface area contributed by atoms with Gasteiger partial charge in [0.15, 0.2) is 0 Å². The zero-order chi connectivity index (χ0) is 25.1. The van der Waals surface area contributed by atoms with E-state index in [4.69, 9.17) is 4.74 Å². The highest BCUT2D eigenvalue weighted by atomic mass is 16.5. The molecule has 186 valence electrons. The smallest absolute Gasteiger partial charge is 0.253 e. The van der Waals surface area contributed by atoms with Crippen molar-refractivity contribution in [1.29, 1.82) is 0 Å². The molecule has 36 heavy (non-hydrogen) atoms. The predicted octanol–water partition coefficient (Wildman–Crippen LogP) is 3.65. The van der Waals surface area contributed by atoms with Crippen molar-refractivity contribution < 1.29 is 14.3 Å². The maximum absolute atomic E-state index is 13.0. The van der Waals surface area contributed by atoms with Gasteiger partial charge in [-0.05, 0) is 68.5 Å². The lowest BCUT2D eigenvalue weighted by molar-refractivity contribution is 0.0923. The minimum Gasteiger partial charge on any atom is -0.496 e. The summed E-state index contributed by atoms with van der Waals surface area (Å²) in [7, 11) is 1.62. The maximum atomic E-state index is 13.0. The molecule has 2 bridgehead atoms. The number of fused-ring (bicyclic) bond motifs is 2. The first kappa shape index (κ1) is 23.8. The van der Waals surface area contributed by atoms with Crippen LogP contribution in [0, 0.1) is 6.92 Å². The van der Waals surface area contributed by atoms with E-state index in [9.17, 15) is 9.59 Å². The van der Waals surface area contributed by atoms with Gasteiger partial charge in [0.2, 0.25) is 0 Å². The van der Waals surface area contributed by atoms with Crippen molar-refractivity contribution in [3.63, 3.8) is 0 Å². The molecule has 0 spiro atoms. The molecule has 2 N–H and O–H groups in total. The molecule has 2 saturated heterocycles. The third-order valence-corrected chi connectivity index (χ3v) is 7.27. The van der Waals surface area contributed by atoms with Crippen LogP contribution in [0.1, 0.15) is 57.5 Å². The van der Waals surface area contributed by atoms with E-state index < -0.39 is 0 Å². The number of hydrogen-bond donors (Lipinski definition) is 2. The molecule has 2 amide bonds. The van der Waals surface area contributed by atoms with Crippen LogP contribution in [0.4, 0.5) is 5.82 Å². The summed E-state index contributed by atoms with van der Waals surface area (Å²) < 4.78 is 5.37. The fourth-order valence-electron chi connectivity index (χ4n) is 5.47. The van der Waals surface area contributed by atoms with Gasteiger partial charge in [-0.2, -0.15) is 0 Å².